The van der Waals surface area contributed by atoms with E-state index in [2.05, 4.69) is 4.99 Å². The van der Waals surface area contributed by atoms with E-state index in [-0.39, 0.29) is 5.91 Å². The van der Waals surface area contributed by atoms with Crippen molar-refractivity contribution in [2.24, 2.45) is 4.99 Å². The van der Waals surface area contributed by atoms with Gasteiger partial charge in [-0.3, -0.25) is 9.79 Å². The first-order chi connectivity index (χ1) is 15.5. The zero-order valence-electron chi connectivity index (χ0n) is 18.4. The van der Waals surface area contributed by atoms with E-state index in [1.165, 1.54) is 0 Å². The number of anilines is 1. The molecule has 0 fully saturated rings. The molecular weight excluding hydrogens is 443 g/mol. The number of hydrogen-bond donors (Lipinski definition) is 0. The fraction of sp³-hybridized carbons (Fsp3) is 0.231. The van der Waals surface area contributed by atoms with Crippen molar-refractivity contribution in [3.63, 3.8) is 0 Å². The van der Waals surface area contributed by atoms with Crippen LogP contribution in [0.1, 0.15) is 30.5 Å². The normalized spacial score (nSPS) is 15.2. The molecule has 3 aromatic carbocycles. The number of ether oxygens (including phenoxy) is 1. The highest BCUT2D eigenvalue weighted by Crippen LogP contribution is 2.32. The summed E-state index contributed by atoms with van der Waals surface area (Å²) in [4.78, 5) is 19.9. The lowest BCUT2D eigenvalue weighted by Gasteiger charge is -2.25. The lowest BCUT2D eigenvalue weighted by Crippen LogP contribution is -2.38. The van der Waals surface area contributed by atoms with Gasteiger partial charge in [0.25, 0.3) is 5.91 Å². The molecule has 32 heavy (non-hydrogen) atoms. The fourth-order valence-corrected chi connectivity index (χ4v) is 3.96. The Morgan fingerprint density at radius 2 is 1.62 bits per heavy atom. The van der Waals surface area contributed by atoms with Crippen LogP contribution in [0.5, 0.6) is 5.75 Å². The smallest absolute Gasteiger partial charge is 0.252 e. The van der Waals surface area contributed by atoms with Gasteiger partial charge in [0.2, 0.25) is 0 Å². The Balaban J connectivity index is 0.00000141. The number of aliphatic imine (C=N–C) groups is 1. The van der Waals surface area contributed by atoms with E-state index in [0.29, 0.717) is 34.4 Å². The highest BCUT2D eigenvalue weighted by Gasteiger charge is 2.31. The van der Waals surface area contributed by atoms with Gasteiger partial charge in [0.15, 0.2) is 0 Å². The van der Waals surface area contributed by atoms with Crippen molar-refractivity contribution in [3.05, 3.63) is 94.5 Å². The molecule has 1 atom stereocenters. The minimum atomic E-state index is -0.621. The van der Waals surface area contributed by atoms with Crippen LogP contribution in [0, 0.1) is 0 Å². The molecule has 0 spiro atoms. The predicted octanol–water partition coefficient (Wildman–Crippen LogP) is 6.52. The minimum absolute atomic E-state index is 0.103. The Labute approximate surface area is 199 Å². The van der Waals surface area contributed by atoms with Crippen LogP contribution in [-0.2, 0) is 17.8 Å². The van der Waals surface area contributed by atoms with Gasteiger partial charge in [0, 0.05) is 17.0 Å². The lowest BCUT2D eigenvalue weighted by atomic mass is 10.0. The first-order valence-corrected chi connectivity index (χ1v) is 11.3. The molecule has 1 amide bonds. The van der Waals surface area contributed by atoms with Crippen molar-refractivity contribution in [2.45, 2.75) is 32.9 Å². The Morgan fingerprint density at radius 3 is 2.28 bits per heavy atom. The van der Waals surface area contributed by atoms with Crippen LogP contribution in [-0.4, -0.2) is 24.2 Å². The average molecular weight is 469 g/mol. The number of nitrogens with zero attached hydrogens (tertiary/aromatic N) is 2. The van der Waals surface area contributed by atoms with E-state index >= 15 is 0 Å². The number of fused-ring (bicyclic) bond motifs is 1. The second-order valence-electron chi connectivity index (χ2n) is 7.06. The van der Waals surface area contributed by atoms with Crippen LogP contribution in [0.2, 0.25) is 5.02 Å². The number of hydrogen-bond acceptors (Lipinski definition) is 3. The fourth-order valence-electron chi connectivity index (χ4n) is 3.52. The molecule has 0 aromatic heterocycles. The molecule has 3 aromatic rings. The van der Waals surface area contributed by atoms with Gasteiger partial charge in [-0.1, -0.05) is 79.5 Å². The van der Waals surface area contributed by atoms with Gasteiger partial charge in [0.1, 0.15) is 17.0 Å². The molecule has 1 aliphatic rings. The molecule has 0 saturated carbocycles. The van der Waals surface area contributed by atoms with E-state index in [1.54, 1.807) is 24.1 Å². The summed E-state index contributed by atoms with van der Waals surface area (Å²) in [6.07, 6.45) is 0.469. The standard InChI is InChI=1S/C24H20Cl2N2O2.C2H6/c1-30-19-10-7-17(8-11-19)15-28-22-12-9-18(25)14-20(22)23(26)27-21(24(28)29)13-16-5-3-2-4-6-16;1-2/h2-12,14,21H,13,15H2,1H3;1-2H3. The van der Waals surface area contributed by atoms with E-state index in [1.807, 2.05) is 74.5 Å². The minimum Gasteiger partial charge on any atom is -0.497 e. The van der Waals surface area contributed by atoms with Gasteiger partial charge >= 0.3 is 0 Å². The largest absolute Gasteiger partial charge is 0.497 e. The second kappa shape index (κ2) is 11.2. The molecule has 4 rings (SSSR count). The number of benzene rings is 3. The van der Waals surface area contributed by atoms with Crippen LogP contribution in [0.4, 0.5) is 5.69 Å². The van der Waals surface area contributed by atoms with Gasteiger partial charge in [-0.2, -0.15) is 0 Å². The number of carbonyl (C=O) groups is 1. The molecule has 1 aliphatic heterocycles. The van der Waals surface area contributed by atoms with Crippen LogP contribution < -0.4 is 9.64 Å². The van der Waals surface area contributed by atoms with Gasteiger partial charge in [-0.05, 0) is 41.5 Å². The second-order valence-corrected chi connectivity index (χ2v) is 7.85. The third kappa shape index (κ3) is 5.50. The topological polar surface area (TPSA) is 41.9 Å². The van der Waals surface area contributed by atoms with Gasteiger partial charge in [0.05, 0.1) is 19.3 Å². The number of halogens is 2. The number of methoxy groups -OCH3 is 1. The van der Waals surface area contributed by atoms with Crippen molar-refractivity contribution in [2.75, 3.05) is 12.0 Å². The Bertz CT molecular complexity index is 1080. The summed E-state index contributed by atoms with van der Waals surface area (Å²) in [6.45, 7) is 4.39. The zero-order valence-corrected chi connectivity index (χ0v) is 19.9. The first-order valence-electron chi connectivity index (χ1n) is 10.6. The molecule has 0 bridgehead atoms. The molecule has 1 unspecified atom stereocenters. The van der Waals surface area contributed by atoms with Crippen molar-refractivity contribution < 1.29 is 9.53 Å². The van der Waals surface area contributed by atoms with Gasteiger partial charge in [-0.25, -0.2) is 0 Å². The maximum absolute atomic E-state index is 13.6. The summed E-state index contributed by atoms with van der Waals surface area (Å²) >= 11 is 12.8. The highest BCUT2D eigenvalue weighted by atomic mass is 35.5. The SMILES string of the molecule is CC.COc1ccc(CN2C(=O)C(Cc3ccccc3)N=C(Cl)c3cc(Cl)ccc32)cc1. The monoisotopic (exact) mass is 468 g/mol. The van der Waals surface area contributed by atoms with Crippen LogP contribution in [0.3, 0.4) is 0 Å². The molecule has 0 radical (unpaired) electrons. The van der Waals surface area contributed by atoms with E-state index in [0.717, 1.165) is 16.9 Å². The quantitative estimate of drug-likeness (QED) is 0.427. The molecule has 4 nitrogen and oxygen atoms in total. The molecule has 6 heteroatoms. The Morgan fingerprint density at radius 1 is 0.938 bits per heavy atom. The molecule has 0 N–H and O–H groups in total. The van der Waals surface area contributed by atoms with Crippen LogP contribution in [0.15, 0.2) is 77.8 Å². The number of rotatable bonds is 5. The summed E-state index contributed by atoms with van der Waals surface area (Å²) in [5.41, 5.74) is 3.35. The maximum atomic E-state index is 13.6. The zero-order chi connectivity index (χ0) is 23.1. The Kier molecular flexibility index (Phi) is 8.32. The number of carbonyl (C=O) groups excluding carboxylic acids is 1. The Hall–Kier alpha value is -2.82. The lowest BCUT2D eigenvalue weighted by molar-refractivity contribution is -0.119. The van der Waals surface area contributed by atoms with Crippen molar-refractivity contribution in [1.82, 2.24) is 0 Å². The van der Waals surface area contributed by atoms with Crippen molar-refractivity contribution in [1.29, 1.82) is 0 Å². The van der Waals surface area contributed by atoms with E-state index < -0.39 is 6.04 Å². The molecule has 1 heterocycles. The highest BCUT2D eigenvalue weighted by molar-refractivity contribution is 6.70. The van der Waals surface area contributed by atoms with Gasteiger partial charge < -0.3 is 9.64 Å². The predicted molar refractivity (Wildman–Crippen MR) is 133 cm³/mol. The summed E-state index contributed by atoms with van der Waals surface area (Å²) in [7, 11) is 1.63. The first kappa shape index (κ1) is 23.8. The molecule has 166 valence electrons. The number of amides is 1. The van der Waals surface area contributed by atoms with Crippen molar-refractivity contribution in [3.8, 4) is 5.75 Å². The van der Waals surface area contributed by atoms with Crippen LogP contribution in [0.25, 0.3) is 0 Å². The molecule has 0 saturated heterocycles. The summed E-state index contributed by atoms with van der Waals surface area (Å²) in [5.74, 6) is 0.662. The third-order valence-corrected chi connectivity index (χ3v) is 5.60. The summed E-state index contributed by atoms with van der Waals surface area (Å²) < 4.78 is 5.24. The third-order valence-electron chi connectivity index (χ3n) is 5.06. The summed E-state index contributed by atoms with van der Waals surface area (Å²) in [5, 5.41) is 0.833. The van der Waals surface area contributed by atoms with Gasteiger partial charge in [-0.15, -0.1) is 0 Å². The van der Waals surface area contributed by atoms with E-state index in [4.69, 9.17) is 27.9 Å². The van der Waals surface area contributed by atoms with E-state index in [9.17, 15) is 4.79 Å². The average Bonchev–Trinajstić information content (AvgIpc) is 2.92. The molecular formula is C26H26Cl2N2O2. The number of benzodiazepines with no additional fused rings is 1. The van der Waals surface area contributed by atoms with Crippen LogP contribution >= 0.6 is 23.2 Å². The summed E-state index contributed by atoms with van der Waals surface area (Å²) in [6, 6.07) is 22.2. The maximum Gasteiger partial charge on any atom is 0.252 e. The van der Waals surface area contributed by atoms with Crippen molar-refractivity contribution >= 4 is 40.0 Å². The molecule has 0 aliphatic carbocycles.